The second-order valence-electron chi connectivity index (χ2n) is 14.7. The highest BCUT2D eigenvalue weighted by atomic mass is 19.4. The van der Waals surface area contributed by atoms with E-state index in [1.165, 1.54) is 12.1 Å². The summed E-state index contributed by atoms with van der Waals surface area (Å²) in [6.45, 7) is 18.1. The number of ether oxygens (including phenoxy) is 2. The number of hydrogen-bond donors (Lipinski definition) is 5. The van der Waals surface area contributed by atoms with E-state index in [1.54, 1.807) is 4.57 Å². The van der Waals surface area contributed by atoms with Crippen molar-refractivity contribution >= 4 is 17.0 Å². The maximum absolute atomic E-state index is 12.5. The molecule has 0 spiro atoms. The fourth-order valence-electron chi connectivity index (χ4n) is 4.75. The molecule has 11 nitrogen and oxygen atoms in total. The third-order valence-corrected chi connectivity index (χ3v) is 7.98. The SMILES string of the molecule is CC(C)(C)c1cc2cn(-c3ccc(CNCCCN=C(N)N)cc3)c(=O)nc2[nH]1.C[C@H](OCc1cc(OC(F)(F)F)cc(C(C)(C)C)c1)[C@@H](C)N. The molecule has 2 heterocycles. The zero-order valence-corrected chi connectivity index (χ0v) is 30.8. The number of nitrogens with zero attached hydrogens (tertiary/aromatic N) is 3. The lowest BCUT2D eigenvalue weighted by Gasteiger charge is -2.22. The average molecular weight is 715 g/mol. The van der Waals surface area contributed by atoms with Gasteiger partial charge in [-0.25, -0.2) is 4.79 Å². The minimum Gasteiger partial charge on any atom is -0.406 e. The van der Waals surface area contributed by atoms with E-state index in [2.05, 4.69) is 51.9 Å². The molecule has 2 atom stereocenters. The summed E-state index contributed by atoms with van der Waals surface area (Å²) in [5.41, 5.74) is 20.7. The molecule has 0 radical (unpaired) electrons. The van der Waals surface area contributed by atoms with E-state index in [9.17, 15) is 18.0 Å². The number of alkyl halides is 3. The number of aromatic nitrogens is 3. The predicted molar refractivity (Wildman–Crippen MR) is 197 cm³/mol. The Labute approximate surface area is 297 Å². The quantitative estimate of drug-likeness (QED) is 0.0686. The fourth-order valence-corrected chi connectivity index (χ4v) is 4.75. The van der Waals surface area contributed by atoms with Crippen LogP contribution in [0.15, 0.2) is 64.5 Å². The van der Waals surface area contributed by atoms with Gasteiger partial charge >= 0.3 is 12.1 Å². The number of guanidine groups is 1. The number of fused-ring (bicyclic) bond motifs is 1. The van der Waals surface area contributed by atoms with E-state index in [1.807, 2.05) is 71.1 Å². The lowest BCUT2D eigenvalue weighted by Crippen LogP contribution is -2.31. The van der Waals surface area contributed by atoms with Crippen molar-refractivity contribution in [1.82, 2.24) is 19.9 Å². The maximum atomic E-state index is 12.5. The molecule has 14 heteroatoms. The average Bonchev–Trinajstić information content (AvgIpc) is 3.44. The summed E-state index contributed by atoms with van der Waals surface area (Å²) in [4.78, 5) is 23.9. The van der Waals surface area contributed by atoms with E-state index in [0.29, 0.717) is 17.8 Å². The Morgan fingerprint density at radius 1 is 0.980 bits per heavy atom. The van der Waals surface area contributed by atoms with E-state index in [4.69, 9.17) is 21.9 Å². The van der Waals surface area contributed by atoms with E-state index in [-0.39, 0.29) is 47.0 Å². The van der Waals surface area contributed by atoms with Crippen molar-refractivity contribution < 1.29 is 22.6 Å². The molecular weight excluding hydrogens is 661 g/mol. The zero-order valence-electron chi connectivity index (χ0n) is 30.8. The molecule has 2 aromatic heterocycles. The number of hydrogen-bond acceptors (Lipinski definition) is 7. The highest BCUT2D eigenvalue weighted by Gasteiger charge is 2.32. The fraction of sp³-hybridized carbons (Fsp3) is 0.486. The van der Waals surface area contributed by atoms with Crippen LogP contribution in [-0.4, -0.2) is 52.1 Å². The van der Waals surface area contributed by atoms with Crippen LogP contribution in [0.5, 0.6) is 5.75 Å². The second kappa shape index (κ2) is 17.2. The Morgan fingerprint density at radius 2 is 1.65 bits per heavy atom. The van der Waals surface area contributed by atoms with Crippen molar-refractivity contribution in [2.24, 2.45) is 22.2 Å². The monoisotopic (exact) mass is 714 g/mol. The van der Waals surface area contributed by atoms with Gasteiger partial charge in [0.15, 0.2) is 5.96 Å². The molecule has 0 saturated heterocycles. The Bertz CT molecular complexity index is 1800. The van der Waals surface area contributed by atoms with Crippen molar-refractivity contribution in [2.45, 2.75) is 104 Å². The molecule has 0 unspecified atom stereocenters. The van der Waals surface area contributed by atoms with Crippen LogP contribution in [0.2, 0.25) is 0 Å². The summed E-state index contributed by atoms with van der Waals surface area (Å²) >= 11 is 0. The highest BCUT2D eigenvalue weighted by Crippen LogP contribution is 2.31. The van der Waals surface area contributed by atoms with Gasteiger partial charge in [-0.3, -0.25) is 9.56 Å². The molecule has 0 bridgehead atoms. The van der Waals surface area contributed by atoms with Crippen molar-refractivity contribution in [3.63, 3.8) is 0 Å². The van der Waals surface area contributed by atoms with Crippen LogP contribution >= 0.6 is 0 Å². The first-order chi connectivity index (χ1) is 23.6. The molecule has 0 aliphatic carbocycles. The lowest BCUT2D eigenvalue weighted by molar-refractivity contribution is -0.274. The Hall–Kier alpha value is -4.40. The second-order valence-corrected chi connectivity index (χ2v) is 14.7. The first-order valence-corrected chi connectivity index (χ1v) is 16.9. The number of benzene rings is 2. The van der Waals surface area contributed by atoms with Gasteiger partial charge in [0.2, 0.25) is 0 Å². The molecule has 280 valence electrons. The summed E-state index contributed by atoms with van der Waals surface area (Å²) in [5, 5.41) is 4.27. The van der Waals surface area contributed by atoms with Gasteiger partial charge in [-0.2, -0.15) is 4.98 Å². The van der Waals surface area contributed by atoms with Gasteiger partial charge in [-0.15, -0.1) is 13.2 Å². The van der Waals surface area contributed by atoms with Gasteiger partial charge in [0.1, 0.15) is 11.4 Å². The molecule has 0 aliphatic heterocycles. The number of nitrogens with one attached hydrogen (secondary N) is 2. The molecule has 4 aromatic rings. The third-order valence-electron chi connectivity index (χ3n) is 7.98. The summed E-state index contributed by atoms with van der Waals surface area (Å²) in [6.07, 6.45) is -2.20. The van der Waals surface area contributed by atoms with Crippen molar-refractivity contribution in [3.05, 3.63) is 87.6 Å². The Morgan fingerprint density at radius 3 is 2.22 bits per heavy atom. The number of H-pyrrole nitrogens is 1. The van der Waals surface area contributed by atoms with E-state index in [0.717, 1.165) is 47.4 Å². The predicted octanol–water partition coefficient (Wildman–Crippen LogP) is 5.90. The van der Waals surface area contributed by atoms with Gasteiger partial charge in [-0.1, -0.05) is 59.7 Å². The molecule has 0 fully saturated rings. The van der Waals surface area contributed by atoms with E-state index >= 15 is 0 Å². The molecule has 0 amide bonds. The van der Waals surface area contributed by atoms with Crippen LogP contribution in [0.4, 0.5) is 13.2 Å². The molecular formula is C37H53F3N8O3. The first kappa shape index (κ1) is 41.0. The Kier molecular flexibility index (Phi) is 13.8. The van der Waals surface area contributed by atoms with Crippen LogP contribution in [0.1, 0.15) is 84.2 Å². The smallest absolute Gasteiger partial charge is 0.406 e. The molecule has 51 heavy (non-hydrogen) atoms. The molecule has 2 aromatic carbocycles. The summed E-state index contributed by atoms with van der Waals surface area (Å²) < 4.78 is 48.6. The lowest BCUT2D eigenvalue weighted by atomic mass is 9.86. The minimum atomic E-state index is -4.71. The van der Waals surface area contributed by atoms with Crippen molar-refractivity contribution in [3.8, 4) is 11.4 Å². The van der Waals surface area contributed by atoms with Crippen LogP contribution in [-0.2, 0) is 28.7 Å². The van der Waals surface area contributed by atoms with Crippen LogP contribution in [0.25, 0.3) is 16.7 Å². The largest absolute Gasteiger partial charge is 0.573 e. The molecule has 8 N–H and O–H groups in total. The van der Waals surface area contributed by atoms with Gasteiger partial charge in [0.05, 0.1) is 18.4 Å². The van der Waals surface area contributed by atoms with Crippen LogP contribution in [0.3, 0.4) is 0 Å². The minimum absolute atomic E-state index is 0.0352. The number of aromatic amines is 1. The van der Waals surface area contributed by atoms with Gasteiger partial charge in [0, 0.05) is 41.8 Å². The summed E-state index contributed by atoms with van der Waals surface area (Å²) in [5.74, 6) is -0.107. The van der Waals surface area contributed by atoms with Crippen LogP contribution < -0.4 is 32.9 Å². The van der Waals surface area contributed by atoms with Gasteiger partial charge < -0.3 is 37.0 Å². The number of halogens is 3. The van der Waals surface area contributed by atoms with Crippen molar-refractivity contribution in [1.29, 1.82) is 0 Å². The zero-order chi connectivity index (χ0) is 38.1. The first-order valence-electron chi connectivity index (χ1n) is 16.9. The number of aliphatic imine (C=N–C) groups is 1. The maximum Gasteiger partial charge on any atom is 0.573 e. The van der Waals surface area contributed by atoms with Crippen molar-refractivity contribution in [2.75, 3.05) is 13.1 Å². The van der Waals surface area contributed by atoms with Gasteiger partial charge in [-0.05, 0) is 79.3 Å². The number of nitrogens with two attached hydrogens (primary N) is 3. The van der Waals surface area contributed by atoms with Crippen LogP contribution in [0, 0.1) is 0 Å². The molecule has 0 saturated carbocycles. The summed E-state index contributed by atoms with van der Waals surface area (Å²) in [6, 6.07) is 14.4. The Balaban J connectivity index is 0.000000287. The molecule has 4 rings (SSSR count). The topological polar surface area (TPSA) is 172 Å². The number of rotatable bonds is 12. The van der Waals surface area contributed by atoms with E-state index < -0.39 is 6.36 Å². The normalized spacial score (nSPS) is 13.3. The highest BCUT2D eigenvalue weighted by molar-refractivity contribution is 5.76. The summed E-state index contributed by atoms with van der Waals surface area (Å²) in [7, 11) is 0. The molecule has 0 aliphatic rings. The third kappa shape index (κ3) is 13.3. The standard InChI is InChI=1S/C21H29N7O.C16H24F3NO2/c1-21(2,3)17-11-15-13-28(20(29)27-18(15)26-17)16-7-5-14(6-8-16)12-24-9-4-10-25-19(22)23;1-10(20)11(2)21-9-12-6-13(15(3,4)5)8-14(7-12)22-16(17,18)19/h5-8,11,13,24H,4,9-10,12H2,1-3H3,(H4,22,23,25)(H,26,27,29);6-8,10-11H,9,20H2,1-5H3/t;10-,11+/m.1/s1. The van der Waals surface area contributed by atoms with Gasteiger partial charge in [0.25, 0.3) is 0 Å².